The van der Waals surface area contributed by atoms with Crippen LogP contribution in [0.25, 0.3) is 0 Å². The molecule has 15 heteroatoms. The van der Waals surface area contributed by atoms with Crippen LogP contribution in [0.2, 0.25) is 0 Å². The fourth-order valence-corrected chi connectivity index (χ4v) is 3.43. The molecule has 13 nitrogen and oxygen atoms in total. The van der Waals surface area contributed by atoms with Crippen molar-refractivity contribution < 1.29 is 63.3 Å². The van der Waals surface area contributed by atoms with Gasteiger partial charge < -0.3 is 21.1 Å². The third kappa shape index (κ3) is 6.78. The summed E-state index contributed by atoms with van der Waals surface area (Å²) in [5.41, 5.74) is -0.104. The largest absolute Gasteiger partial charge is 1.00 e. The molecule has 0 unspecified atom stereocenters. The van der Waals surface area contributed by atoms with Gasteiger partial charge in [0.15, 0.2) is 0 Å². The van der Waals surface area contributed by atoms with Crippen molar-refractivity contribution in [2.45, 2.75) is 4.90 Å². The van der Waals surface area contributed by atoms with E-state index in [9.17, 15) is 22.8 Å². The number of methoxy groups -OCH3 is 2. The molecule has 0 saturated heterocycles. The molecule has 168 valence electrons. The summed E-state index contributed by atoms with van der Waals surface area (Å²) in [5, 5.41) is 4.44. The maximum Gasteiger partial charge on any atom is 1.00 e. The molecular weight excluding hydrogens is 455 g/mol. The molecule has 32 heavy (non-hydrogen) atoms. The van der Waals surface area contributed by atoms with E-state index in [1.807, 2.05) is 0 Å². The van der Waals surface area contributed by atoms with Gasteiger partial charge in [-0.25, -0.2) is 17.9 Å². The number of ether oxygens (including phenoxy) is 2. The van der Waals surface area contributed by atoms with Crippen molar-refractivity contribution in [2.75, 3.05) is 38.9 Å². The molecule has 2 rings (SSSR count). The average molecular weight is 476 g/mol. The van der Waals surface area contributed by atoms with E-state index in [1.165, 1.54) is 46.5 Å². The first-order chi connectivity index (χ1) is 14.6. The van der Waals surface area contributed by atoms with Crippen LogP contribution < -0.4 is 54.4 Å². The Labute approximate surface area is 207 Å². The smallest absolute Gasteiger partial charge is 1.00 e. The number of benzene rings is 1. The van der Waals surface area contributed by atoms with Crippen LogP contribution >= 0.6 is 0 Å². The van der Waals surface area contributed by atoms with Crippen molar-refractivity contribution in [1.29, 1.82) is 0 Å². The van der Waals surface area contributed by atoms with E-state index < -0.39 is 26.9 Å². The van der Waals surface area contributed by atoms with E-state index in [-0.39, 0.29) is 59.9 Å². The SMILES string of the molecule is COc1cc(OC)nc(NC(=O)NS(=O)(=O)c2cc(NC=O)ccc2C(=O)N(C)C)n1.[H-].[Na+]. The maximum atomic E-state index is 12.8. The molecule has 1 aromatic heterocycles. The van der Waals surface area contributed by atoms with Gasteiger partial charge in [0.25, 0.3) is 15.9 Å². The summed E-state index contributed by atoms with van der Waals surface area (Å²) < 4.78 is 37.3. The minimum Gasteiger partial charge on any atom is -1.00 e. The summed E-state index contributed by atoms with van der Waals surface area (Å²) in [6.07, 6.45) is 0.340. The molecule has 1 heterocycles. The number of nitrogens with one attached hydrogen (secondary N) is 3. The summed E-state index contributed by atoms with van der Waals surface area (Å²) >= 11 is 0. The standard InChI is InChI=1S/C17H20N6O7S.Na.H/c1-23(2)15(25)11-6-5-10(18-9-24)7-12(11)31(27,28)22-17(26)21-16-19-13(29-3)8-14(20-16)30-4;;/h5-9H,1-4H3,(H,18,24)(H2,19,20,21,22,26);;/q;+1;-1. The molecule has 0 fully saturated rings. The van der Waals surface area contributed by atoms with E-state index in [0.29, 0.717) is 6.41 Å². The summed E-state index contributed by atoms with van der Waals surface area (Å²) in [6.45, 7) is 0. The zero-order valence-corrected chi connectivity index (χ0v) is 20.8. The van der Waals surface area contributed by atoms with Crippen molar-refractivity contribution in [2.24, 2.45) is 0 Å². The third-order valence-electron chi connectivity index (χ3n) is 3.68. The Morgan fingerprint density at radius 2 is 1.69 bits per heavy atom. The average Bonchev–Trinajstić information content (AvgIpc) is 2.72. The van der Waals surface area contributed by atoms with Gasteiger partial charge in [-0.05, 0) is 18.2 Å². The molecule has 4 amide bonds. The van der Waals surface area contributed by atoms with E-state index in [2.05, 4.69) is 20.6 Å². The zero-order valence-electron chi connectivity index (χ0n) is 19.0. The third-order valence-corrected chi connectivity index (χ3v) is 5.05. The van der Waals surface area contributed by atoms with Crippen LogP contribution in [0.5, 0.6) is 11.8 Å². The summed E-state index contributed by atoms with van der Waals surface area (Å²) in [4.78, 5) is 43.8. The van der Waals surface area contributed by atoms with Crippen LogP contribution in [0.1, 0.15) is 11.8 Å². The Kier molecular flexibility index (Phi) is 9.83. The zero-order chi connectivity index (χ0) is 23.2. The van der Waals surface area contributed by atoms with Gasteiger partial charge in [0, 0.05) is 19.8 Å². The van der Waals surface area contributed by atoms with Crippen molar-refractivity contribution in [1.82, 2.24) is 19.6 Å². The number of carbonyl (C=O) groups is 3. The number of anilines is 2. The van der Waals surface area contributed by atoms with Crippen molar-refractivity contribution in [3.8, 4) is 11.8 Å². The summed E-state index contributed by atoms with van der Waals surface area (Å²) in [6, 6.07) is 3.76. The first-order valence-corrected chi connectivity index (χ1v) is 9.96. The van der Waals surface area contributed by atoms with Gasteiger partial charge in [-0.2, -0.15) is 9.97 Å². The van der Waals surface area contributed by atoms with Gasteiger partial charge in [0.2, 0.25) is 24.1 Å². The van der Waals surface area contributed by atoms with Gasteiger partial charge in [-0.3, -0.25) is 14.9 Å². The number of urea groups is 1. The Morgan fingerprint density at radius 1 is 1.09 bits per heavy atom. The van der Waals surface area contributed by atoms with Crippen molar-refractivity contribution in [3.05, 3.63) is 29.8 Å². The molecule has 0 bridgehead atoms. The van der Waals surface area contributed by atoms with Gasteiger partial charge in [0.1, 0.15) is 4.90 Å². The second-order valence-electron chi connectivity index (χ2n) is 6.01. The first kappa shape index (κ1) is 27.1. The monoisotopic (exact) mass is 476 g/mol. The second kappa shape index (κ2) is 11.6. The summed E-state index contributed by atoms with van der Waals surface area (Å²) in [5.74, 6) is -0.780. The Bertz CT molecular complexity index is 1090. The number of amides is 4. The predicted molar refractivity (Wildman–Crippen MR) is 110 cm³/mol. The van der Waals surface area contributed by atoms with Gasteiger partial charge in [-0.15, -0.1) is 0 Å². The topological polar surface area (TPSA) is 169 Å². The fourth-order valence-electron chi connectivity index (χ4n) is 2.29. The number of rotatable bonds is 8. The van der Waals surface area contributed by atoms with Crippen LogP contribution in [-0.4, -0.2) is 69.9 Å². The number of hydrogen-bond acceptors (Lipinski definition) is 9. The minimum atomic E-state index is -4.54. The van der Waals surface area contributed by atoms with E-state index in [4.69, 9.17) is 9.47 Å². The molecule has 0 atom stereocenters. The molecule has 1 aromatic carbocycles. The van der Waals surface area contributed by atoms with Crippen LogP contribution in [0.15, 0.2) is 29.2 Å². The predicted octanol–water partition coefficient (Wildman–Crippen LogP) is -2.61. The van der Waals surface area contributed by atoms with Crippen LogP contribution in [-0.2, 0) is 14.8 Å². The minimum absolute atomic E-state index is 0. The van der Waals surface area contributed by atoms with E-state index in [0.717, 1.165) is 11.0 Å². The molecule has 0 spiro atoms. The Balaban J connectivity index is 0.00000512. The number of carbonyl (C=O) groups excluding carboxylic acids is 3. The van der Waals surface area contributed by atoms with Crippen molar-refractivity contribution in [3.63, 3.8) is 0 Å². The number of sulfonamides is 1. The Hall–Kier alpha value is -2.94. The second-order valence-corrected chi connectivity index (χ2v) is 7.66. The normalized spacial score (nSPS) is 10.2. The van der Waals surface area contributed by atoms with Gasteiger partial charge in [-0.1, -0.05) is 0 Å². The molecule has 0 saturated carbocycles. The molecule has 0 aliphatic heterocycles. The quantitative estimate of drug-likeness (QED) is 0.273. The number of hydrogen-bond donors (Lipinski definition) is 3. The van der Waals surface area contributed by atoms with Crippen molar-refractivity contribution >= 4 is 40.0 Å². The first-order valence-electron chi connectivity index (χ1n) is 8.48. The molecular formula is C17H21N6NaO7S. The van der Waals surface area contributed by atoms with Crippen LogP contribution in [0.4, 0.5) is 16.4 Å². The van der Waals surface area contributed by atoms with Gasteiger partial charge >= 0.3 is 35.6 Å². The van der Waals surface area contributed by atoms with Crippen LogP contribution in [0, 0.1) is 0 Å². The van der Waals surface area contributed by atoms with Crippen LogP contribution in [0.3, 0.4) is 0 Å². The van der Waals surface area contributed by atoms with E-state index in [1.54, 1.807) is 4.72 Å². The van der Waals surface area contributed by atoms with Gasteiger partial charge in [0.05, 0.1) is 25.8 Å². The van der Waals surface area contributed by atoms with E-state index >= 15 is 0 Å². The molecule has 0 aliphatic rings. The molecule has 3 N–H and O–H groups in total. The summed E-state index contributed by atoms with van der Waals surface area (Å²) in [7, 11) is 0.991. The molecule has 0 aliphatic carbocycles. The Morgan fingerprint density at radius 3 is 2.19 bits per heavy atom. The maximum absolute atomic E-state index is 12.8. The molecule has 0 radical (unpaired) electrons. The number of nitrogens with zero attached hydrogens (tertiary/aromatic N) is 3. The number of aromatic nitrogens is 2. The fraction of sp³-hybridized carbons (Fsp3) is 0.235. The molecule has 2 aromatic rings.